The first-order valence-electron chi connectivity index (χ1n) is 7.34. The zero-order valence-corrected chi connectivity index (χ0v) is 13.3. The van der Waals surface area contributed by atoms with E-state index in [1.165, 1.54) is 11.3 Å². The largest absolute Gasteiger partial charge is 0.494 e. The third-order valence-electron chi connectivity index (χ3n) is 3.31. The van der Waals surface area contributed by atoms with Gasteiger partial charge in [-0.15, -0.1) is 10.2 Å². The fourth-order valence-corrected chi connectivity index (χ4v) is 3.05. The first-order valence-corrected chi connectivity index (χ1v) is 8.16. The third-order valence-corrected chi connectivity index (χ3v) is 4.25. The Balaban J connectivity index is 1.67. The molecule has 0 unspecified atom stereocenters. The van der Waals surface area contributed by atoms with Crippen molar-refractivity contribution in [3.05, 3.63) is 42.7 Å². The lowest BCUT2D eigenvalue weighted by molar-refractivity contribution is 0.317. The van der Waals surface area contributed by atoms with E-state index in [1.807, 2.05) is 36.4 Å². The molecule has 0 amide bonds. The van der Waals surface area contributed by atoms with Crippen LogP contribution in [0.15, 0.2) is 47.1 Å². The summed E-state index contributed by atoms with van der Waals surface area (Å²) in [4.78, 5) is 0.734. The van der Waals surface area contributed by atoms with Crippen molar-refractivity contribution in [1.82, 2.24) is 19.8 Å². The van der Waals surface area contributed by atoms with Crippen LogP contribution in [0.5, 0.6) is 5.75 Å². The molecule has 7 heteroatoms. The van der Waals surface area contributed by atoms with Crippen molar-refractivity contribution in [3.63, 3.8) is 0 Å². The van der Waals surface area contributed by atoms with Crippen molar-refractivity contribution in [2.45, 2.75) is 13.3 Å². The number of ether oxygens (including phenoxy) is 1. The van der Waals surface area contributed by atoms with Crippen molar-refractivity contribution in [2.24, 2.45) is 0 Å². The summed E-state index contributed by atoms with van der Waals surface area (Å²) in [6.07, 6.45) is 2.60. The molecule has 6 nitrogen and oxygen atoms in total. The molecule has 0 bridgehead atoms. The molecule has 0 aliphatic carbocycles. The Labute approximate surface area is 136 Å². The lowest BCUT2D eigenvalue weighted by Crippen LogP contribution is -1.94. The first kappa shape index (κ1) is 14.0. The molecule has 0 spiro atoms. The van der Waals surface area contributed by atoms with Gasteiger partial charge in [-0.05, 0) is 42.8 Å². The molecule has 0 saturated carbocycles. The van der Waals surface area contributed by atoms with Crippen molar-refractivity contribution < 1.29 is 9.15 Å². The summed E-state index contributed by atoms with van der Waals surface area (Å²) in [5.41, 5.74) is 1.02. The molecule has 23 heavy (non-hydrogen) atoms. The first-order chi connectivity index (χ1) is 11.3. The number of fused-ring (bicyclic) bond motifs is 1. The Kier molecular flexibility index (Phi) is 3.55. The Hall–Kier alpha value is -2.67. The van der Waals surface area contributed by atoms with Gasteiger partial charge < -0.3 is 9.15 Å². The van der Waals surface area contributed by atoms with E-state index in [0.29, 0.717) is 11.6 Å². The zero-order valence-electron chi connectivity index (χ0n) is 12.5. The topological polar surface area (TPSA) is 65.5 Å². The molecule has 3 heterocycles. The summed E-state index contributed by atoms with van der Waals surface area (Å²) in [6.45, 7) is 2.81. The van der Waals surface area contributed by atoms with Gasteiger partial charge in [0.2, 0.25) is 10.8 Å². The Morgan fingerprint density at radius 3 is 2.78 bits per heavy atom. The highest BCUT2D eigenvalue weighted by atomic mass is 32.1. The molecule has 0 radical (unpaired) electrons. The van der Waals surface area contributed by atoms with Crippen molar-refractivity contribution >= 4 is 16.3 Å². The van der Waals surface area contributed by atoms with Gasteiger partial charge in [0.05, 0.1) is 12.9 Å². The second-order valence-corrected chi connectivity index (χ2v) is 5.93. The van der Waals surface area contributed by atoms with E-state index < -0.39 is 0 Å². The van der Waals surface area contributed by atoms with Crippen LogP contribution in [0.2, 0.25) is 0 Å². The minimum absolute atomic E-state index is 0.607. The van der Waals surface area contributed by atoms with Crippen molar-refractivity contribution in [3.8, 4) is 27.9 Å². The van der Waals surface area contributed by atoms with E-state index in [4.69, 9.17) is 9.15 Å². The van der Waals surface area contributed by atoms with Crippen LogP contribution in [0.3, 0.4) is 0 Å². The maximum absolute atomic E-state index is 5.60. The molecule has 4 aromatic rings. The molecule has 0 saturated heterocycles. The Morgan fingerprint density at radius 2 is 2.04 bits per heavy atom. The smallest absolute Gasteiger partial charge is 0.235 e. The average Bonchev–Trinajstić information content (AvgIpc) is 3.29. The number of benzene rings is 1. The second kappa shape index (κ2) is 5.85. The monoisotopic (exact) mass is 326 g/mol. The van der Waals surface area contributed by atoms with Gasteiger partial charge in [0.25, 0.3) is 0 Å². The Morgan fingerprint density at radius 1 is 1.17 bits per heavy atom. The zero-order chi connectivity index (χ0) is 15.6. The van der Waals surface area contributed by atoms with Crippen LogP contribution in [-0.2, 0) is 0 Å². The quantitative estimate of drug-likeness (QED) is 0.556. The fraction of sp³-hybridized carbons (Fsp3) is 0.188. The summed E-state index contributed by atoms with van der Waals surface area (Å²) >= 11 is 1.49. The van der Waals surface area contributed by atoms with Gasteiger partial charge >= 0.3 is 0 Å². The SMILES string of the molecule is CCCOc1ccc(-c2nn3c(-c4ccco4)nnc3s2)cc1. The highest BCUT2D eigenvalue weighted by Gasteiger charge is 2.15. The third kappa shape index (κ3) is 2.59. The molecular formula is C16H14N4O2S. The molecule has 0 aliphatic heterocycles. The van der Waals surface area contributed by atoms with Crippen molar-refractivity contribution in [2.75, 3.05) is 6.61 Å². The lowest BCUT2D eigenvalue weighted by Gasteiger charge is -2.04. The van der Waals surface area contributed by atoms with Crippen LogP contribution < -0.4 is 4.74 Å². The van der Waals surface area contributed by atoms with Gasteiger partial charge in [-0.3, -0.25) is 0 Å². The van der Waals surface area contributed by atoms with Crippen LogP contribution >= 0.6 is 11.3 Å². The molecule has 4 rings (SSSR count). The highest BCUT2D eigenvalue weighted by Crippen LogP contribution is 2.29. The van der Waals surface area contributed by atoms with Crippen molar-refractivity contribution in [1.29, 1.82) is 0 Å². The molecular weight excluding hydrogens is 312 g/mol. The molecule has 0 N–H and O–H groups in total. The molecule has 1 aromatic carbocycles. The number of hydrogen-bond acceptors (Lipinski definition) is 6. The number of furan rings is 1. The normalized spacial score (nSPS) is 11.2. The van der Waals surface area contributed by atoms with E-state index in [-0.39, 0.29) is 0 Å². The van der Waals surface area contributed by atoms with Crippen LogP contribution in [0.25, 0.3) is 27.1 Å². The van der Waals surface area contributed by atoms with Gasteiger partial charge in [-0.25, -0.2) is 0 Å². The minimum atomic E-state index is 0.607. The number of hydrogen-bond donors (Lipinski definition) is 0. The van der Waals surface area contributed by atoms with Gasteiger partial charge in [0.1, 0.15) is 10.8 Å². The minimum Gasteiger partial charge on any atom is -0.494 e. The van der Waals surface area contributed by atoms with E-state index in [2.05, 4.69) is 22.2 Å². The second-order valence-electron chi connectivity index (χ2n) is 4.98. The van der Waals surface area contributed by atoms with Gasteiger partial charge in [0, 0.05) is 5.56 Å². The Bertz CT molecular complexity index is 910. The van der Waals surface area contributed by atoms with Crippen LogP contribution in [0, 0.1) is 0 Å². The average molecular weight is 326 g/mol. The van der Waals surface area contributed by atoms with Crippen LogP contribution in [0.4, 0.5) is 0 Å². The summed E-state index contributed by atoms with van der Waals surface area (Å²) < 4.78 is 12.7. The maximum atomic E-state index is 5.60. The molecule has 3 aromatic heterocycles. The van der Waals surface area contributed by atoms with E-state index in [0.717, 1.165) is 34.3 Å². The summed E-state index contributed by atoms with van der Waals surface area (Å²) in [5, 5.41) is 13.8. The fourth-order valence-electron chi connectivity index (χ4n) is 2.21. The molecule has 0 fully saturated rings. The number of rotatable bonds is 5. The number of nitrogens with zero attached hydrogens (tertiary/aromatic N) is 4. The van der Waals surface area contributed by atoms with Crippen LogP contribution in [0.1, 0.15) is 13.3 Å². The van der Waals surface area contributed by atoms with E-state index in [1.54, 1.807) is 10.8 Å². The van der Waals surface area contributed by atoms with E-state index in [9.17, 15) is 0 Å². The maximum Gasteiger partial charge on any atom is 0.235 e. The molecule has 116 valence electrons. The summed E-state index contributed by atoms with van der Waals surface area (Å²) in [7, 11) is 0. The number of aromatic nitrogens is 4. The van der Waals surface area contributed by atoms with E-state index >= 15 is 0 Å². The predicted molar refractivity (Wildman–Crippen MR) is 87.6 cm³/mol. The van der Waals surface area contributed by atoms with Gasteiger partial charge in [-0.2, -0.15) is 9.61 Å². The predicted octanol–water partition coefficient (Wildman–Crippen LogP) is 3.90. The summed E-state index contributed by atoms with van der Waals surface area (Å²) in [6, 6.07) is 11.6. The standard InChI is InChI=1S/C16H14N4O2S/c1-2-9-21-12-7-5-11(6-8-12)15-19-20-14(13-4-3-10-22-13)17-18-16(20)23-15/h3-8,10H,2,9H2,1H3. The highest BCUT2D eigenvalue weighted by molar-refractivity contribution is 7.19. The van der Waals surface area contributed by atoms with Gasteiger partial charge in [0.15, 0.2) is 5.76 Å². The summed E-state index contributed by atoms with van der Waals surface area (Å²) in [5.74, 6) is 2.13. The molecule has 0 aliphatic rings. The molecule has 0 atom stereocenters. The van der Waals surface area contributed by atoms with Gasteiger partial charge in [-0.1, -0.05) is 18.3 Å². The van der Waals surface area contributed by atoms with Crippen LogP contribution in [-0.4, -0.2) is 26.4 Å². The lowest BCUT2D eigenvalue weighted by atomic mass is 10.2.